The van der Waals surface area contributed by atoms with Gasteiger partial charge in [0.1, 0.15) is 5.75 Å². The molecule has 0 saturated carbocycles. The molecule has 110 valence electrons. The minimum Gasteiger partial charge on any atom is -0.496 e. The molecule has 2 rings (SSSR count). The Morgan fingerprint density at radius 1 is 1.45 bits per heavy atom. The van der Waals surface area contributed by atoms with E-state index in [9.17, 15) is 0 Å². The SMILES string of the molecule is COc1cc(CN2CCCOCC2)ccc1/C(N)=N/O. The number of benzene rings is 1. The lowest BCUT2D eigenvalue weighted by Gasteiger charge is -2.19. The first-order valence-electron chi connectivity index (χ1n) is 6.69. The summed E-state index contributed by atoms with van der Waals surface area (Å²) in [5, 5.41) is 11.8. The van der Waals surface area contributed by atoms with Crippen molar-refractivity contribution in [3.8, 4) is 5.75 Å². The third-order valence-corrected chi connectivity index (χ3v) is 3.37. The molecule has 0 atom stereocenters. The summed E-state index contributed by atoms with van der Waals surface area (Å²) in [6.07, 6.45) is 1.05. The van der Waals surface area contributed by atoms with Gasteiger partial charge in [-0.25, -0.2) is 0 Å². The monoisotopic (exact) mass is 279 g/mol. The molecule has 20 heavy (non-hydrogen) atoms. The summed E-state index contributed by atoms with van der Waals surface area (Å²) >= 11 is 0. The molecule has 1 aromatic rings. The van der Waals surface area contributed by atoms with Crippen molar-refractivity contribution < 1.29 is 14.7 Å². The van der Waals surface area contributed by atoms with Crippen molar-refractivity contribution in [2.45, 2.75) is 13.0 Å². The summed E-state index contributed by atoms with van der Waals surface area (Å²) < 4.78 is 10.8. The summed E-state index contributed by atoms with van der Waals surface area (Å²) in [5.74, 6) is 0.667. The van der Waals surface area contributed by atoms with Gasteiger partial charge in [-0.3, -0.25) is 4.90 Å². The summed E-state index contributed by atoms with van der Waals surface area (Å²) in [4.78, 5) is 2.35. The molecular weight excluding hydrogens is 258 g/mol. The van der Waals surface area contributed by atoms with Crippen LogP contribution in [0.2, 0.25) is 0 Å². The topological polar surface area (TPSA) is 80.3 Å². The third-order valence-electron chi connectivity index (χ3n) is 3.37. The van der Waals surface area contributed by atoms with E-state index >= 15 is 0 Å². The molecule has 6 heteroatoms. The highest BCUT2D eigenvalue weighted by molar-refractivity contribution is 5.99. The molecule has 0 amide bonds. The largest absolute Gasteiger partial charge is 0.496 e. The van der Waals surface area contributed by atoms with Crippen LogP contribution in [0.25, 0.3) is 0 Å². The number of amidine groups is 1. The van der Waals surface area contributed by atoms with Crippen LogP contribution in [0.1, 0.15) is 17.5 Å². The van der Waals surface area contributed by atoms with Gasteiger partial charge in [0.25, 0.3) is 0 Å². The van der Waals surface area contributed by atoms with E-state index in [4.69, 9.17) is 20.4 Å². The molecule has 0 aromatic heterocycles. The molecule has 0 bridgehead atoms. The molecule has 0 aliphatic carbocycles. The summed E-state index contributed by atoms with van der Waals surface area (Å²) in [6, 6.07) is 5.72. The van der Waals surface area contributed by atoms with E-state index < -0.39 is 0 Å². The van der Waals surface area contributed by atoms with E-state index in [2.05, 4.69) is 10.1 Å². The van der Waals surface area contributed by atoms with Crippen molar-refractivity contribution in [1.82, 2.24) is 4.90 Å². The Hall–Kier alpha value is -1.79. The normalized spacial score (nSPS) is 17.8. The van der Waals surface area contributed by atoms with Crippen molar-refractivity contribution in [2.75, 3.05) is 33.4 Å². The maximum Gasteiger partial charge on any atom is 0.173 e. The minimum atomic E-state index is 0.0524. The van der Waals surface area contributed by atoms with Gasteiger partial charge < -0.3 is 20.4 Å². The predicted octanol–water partition coefficient (Wildman–Crippen LogP) is 1.01. The standard InChI is InChI=1S/C14H21N3O3/c1-19-13-9-11(3-4-12(13)14(15)16-18)10-17-5-2-7-20-8-6-17/h3-4,9,18H,2,5-8,10H2,1H3,(H2,15,16). The first-order valence-corrected chi connectivity index (χ1v) is 6.69. The maximum absolute atomic E-state index is 8.76. The molecule has 0 spiro atoms. The Morgan fingerprint density at radius 3 is 3.05 bits per heavy atom. The Morgan fingerprint density at radius 2 is 2.30 bits per heavy atom. The lowest BCUT2D eigenvalue weighted by molar-refractivity contribution is 0.140. The fourth-order valence-electron chi connectivity index (χ4n) is 2.31. The number of hydrogen-bond donors (Lipinski definition) is 2. The van der Waals surface area contributed by atoms with Gasteiger partial charge in [-0.15, -0.1) is 0 Å². The van der Waals surface area contributed by atoms with Gasteiger partial charge in [0.15, 0.2) is 5.84 Å². The first kappa shape index (κ1) is 14.6. The maximum atomic E-state index is 8.76. The average Bonchev–Trinajstić information content (AvgIpc) is 2.75. The van der Waals surface area contributed by atoms with Crippen LogP contribution in [0.3, 0.4) is 0 Å². The second-order valence-corrected chi connectivity index (χ2v) is 4.76. The Balaban J connectivity index is 2.12. The van der Waals surface area contributed by atoms with Crippen LogP contribution in [0.5, 0.6) is 5.75 Å². The Bertz CT molecular complexity index is 469. The van der Waals surface area contributed by atoms with Gasteiger partial charge >= 0.3 is 0 Å². The van der Waals surface area contributed by atoms with Gasteiger partial charge in [0.2, 0.25) is 0 Å². The molecule has 1 heterocycles. The van der Waals surface area contributed by atoms with Crippen molar-refractivity contribution >= 4 is 5.84 Å². The third kappa shape index (κ3) is 3.61. The minimum absolute atomic E-state index is 0.0524. The number of oxime groups is 1. The van der Waals surface area contributed by atoms with Crippen molar-refractivity contribution in [2.24, 2.45) is 10.9 Å². The molecule has 1 saturated heterocycles. The molecule has 1 fully saturated rings. The molecule has 3 N–H and O–H groups in total. The zero-order valence-corrected chi connectivity index (χ0v) is 11.7. The number of nitrogens with two attached hydrogens (primary N) is 1. The number of rotatable bonds is 4. The zero-order chi connectivity index (χ0) is 14.4. The van der Waals surface area contributed by atoms with Crippen LogP contribution in [-0.2, 0) is 11.3 Å². The fraction of sp³-hybridized carbons (Fsp3) is 0.500. The summed E-state index contributed by atoms with van der Waals surface area (Å²) in [6.45, 7) is 4.42. The van der Waals surface area contributed by atoms with E-state index in [1.54, 1.807) is 7.11 Å². The summed E-state index contributed by atoms with van der Waals surface area (Å²) in [5.41, 5.74) is 7.35. The number of ether oxygens (including phenoxy) is 2. The number of methoxy groups -OCH3 is 1. The lowest BCUT2D eigenvalue weighted by atomic mass is 10.1. The molecule has 0 radical (unpaired) electrons. The van der Waals surface area contributed by atoms with Crippen LogP contribution in [0.15, 0.2) is 23.4 Å². The smallest absolute Gasteiger partial charge is 0.173 e. The van der Waals surface area contributed by atoms with Gasteiger partial charge in [-0.05, 0) is 24.1 Å². The van der Waals surface area contributed by atoms with Gasteiger partial charge in [0, 0.05) is 26.2 Å². The lowest BCUT2D eigenvalue weighted by Crippen LogP contribution is -2.26. The molecule has 0 unspecified atom stereocenters. The second kappa shape index (κ2) is 7.12. The Kier molecular flexibility index (Phi) is 5.20. The van der Waals surface area contributed by atoms with Crippen LogP contribution >= 0.6 is 0 Å². The Labute approximate surface area is 118 Å². The first-order chi connectivity index (χ1) is 9.74. The highest BCUT2D eigenvalue weighted by Crippen LogP contribution is 2.21. The number of nitrogens with zero attached hydrogens (tertiary/aromatic N) is 2. The predicted molar refractivity (Wildman–Crippen MR) is 76.2 cm³/mol. The second-order valence-electron chi connectivity index (χ2n) is 4.76. The molecular formula is C14H21N3O3. The molecule has 1 aromatic carbocycles. The number of hydrogen-bond acceptors (Lipinski definition) is 5. The van der Waals surface area contributed by atoms with E-state index in [1.165, 1.54) is 0 Å². The summed E-state index contributed by atoms with van der Waals surface area (Å²) in [7, 11) is 1.58. The highest BCUT2D eigenvalue weighted by atomic mass is 16.5. The van der Waals surface area contributed by atoms with Gasteiger partial charge in [-0.2, -0.15) is 0 Å². The van der Waals surface area contributed by atoms with E-state index in [0.29, 0.717) is 11.3 Å². The van der Waals surface area contributed by atoms with E-state index in [-0.39, 0.29) is 5.84 Å². The molecule has 1 aliphatic rings. The van der Waals surface area contributed by atoms with Crippen molar-refractivity contribution in [3.05, 3.63) is 29.3 Å². The van der Waals surface area contributed by atoms with Crippen LogP contribution in [-0.4, -0.2) is 49.4 Å². The van der Waals surface area contributed by atoms with E-state index in [0.717, 1.165) is 44.8 Å². The van der Waals surface area contributed by atoms with E-state index in [1.807, 2.05) is 18.2 Å². The fourth-order valence-corrected chi connectivity index (χ4v) is 2.31. The van der Waals surface area contributed by atoms with Crippen LogP contribution in [0, 0.1) is 0 Å². The highest BCUT2D eigenvalue weighted by Gasteiger charge is 2.12. The average molecular weight is 279 g/mol. The van der Waals surface area contributed by atoms with Crippen molar-refractivity contribution in [3.63, 3.8) is 0 Å². The van der Waals surface area contributed by atoms with Gasteiger partial charge in [0.05, 0.1) is 19.3 Å². The molecule has 6 nitrogen and oxygen atoms in total. The van der Waals surface area contributed by atoms with Crippen LogP contribution in [0.4, 0.5) is 0 Å². The van der Waals surface area contributed by atoms with Gasteiger partial charge in [-0.1, -0.05) is 11.2 Å². The molecule has 1 aliphatic heterocycles. The zero-order valence-electron chi connectivity index (χ0n) is 11.7. The van der Waals surface area contributed by atoms with Crippen LogP contribution < -0.4 is 10.5 Å². The quantitative estimate of drug-likeness (QED) is 0.372. The van der Waals surface area contributed by atoms with Crippen molar-refractivity contribution in [1.29, 1.82) is 0 Å².